The number of nitriles is 1. The molecule has 0 radical (unpaired) electrons. The van der Waals surface area contributed by atoms with Crippen LogP contribution in [0.3, 0.4) is 0 Å². The molecule has 2 aromatic carbocycles. The number of rotatable bonds is 6. The van der Waals surface area contributed by atoms with Crippen molar-refractivity contribution < 1.29 is 4.74 Å². The number of nitrogens with one attached hydrogen (secondary N) is 1. The monoisotopic (exact) mass is 351 g/mol. The molecular weight excluding hydrogens is 334 g/mol. The number of benzene rings is 2. The molecule has 1 atom stereocenters. The molecule has 4 nitrogen and oxygen atoms in total. The third-order valence-corrected chi connectivity index (χ3v) is 4.15. The molecule has 0 amide bonds. The van der Waals surface area contributed by atoms with Gasteiger partial charge in [0.25, 0.3) is 0 Å². The number of ether oxygens (including phenoxy) is 1. The van der Waals surface area contributed by atoms with Crippen molar-refractivity contribution in [2.75, 3.05) is 5.32 Å². The Balaban J connectivity index is 1.72. The number of anilines is 1. The maximum atomic E-state index is 9.01. The molecule has 0 aliphatic carbocycles. The topological polar surface area (TPSA) is 57.9 Å². The quantitative estimate of drug-likeness (QED) is 0.621. The fourth-order valence-corrected chi connectivity index (χ4v) is 2.80. The molecule has 3 aromatic rings. The summed E-state index contributed by atoms with van der Waals surface area (Å²) >= 11 is 6.26. The molecule has 25 heavy (non-hydrogen) atoms. The van der Waals surface area contributed by atoms with E-state index in [1.807, 2.05) is 61.5 Å². The Hall–Kier alpha value is -2.77. The average Bonchev–Trinajstić information content (AvgIpc) is 2.65. The summed E-state index contributed by atoms with van der Waals surface area (Å²) in [5, 5.41) is 14.8. The van der Waals surface area contributed by atoms with Crippen LogP contribution in [0.15, 0.2) is 54.6 Å². The summed E-state index contributed by atoms with van der Waals surface area (Å²) in [5.74, 6) is 1.41. The molecule has 1 N–H and O–H groups in total. The lowest BCUT2D eigenvalue weighted by molar-refractivity contribution is 0.251. The first-order valence-corrected chi connectivity index (χ1v) is 8.51. The van der Waals surface area contributed by atoms with Crippen molar-refractivity contribution in [3.63, 3.8) is 0 Å². The second kappa shape index (κ2) is 7.87. The summed E-state index contributed by atoms with van der Waals surface area (Å²) in [4.78, 5) is 4.39. The van der Waals surface area contributed by atoms with Gasteiger partial charge < -0.3 is 10.1 Å². The maximum Gasteiger partial charge on any atom is 0.184 e. The number of hydrogen-bond acceptors (Lipinski definition) is 4. The Labute approximate surface area is 152 Å². The summed E-state index contributed by atoms with van der Waals surface area (Å²) in [6, 6.07) is 19.7. The van der Waals surface area contributed by atoms with Gasteiger partial charge in [-0.2, -0.15) is 5.26 Å². The molecule has 0 saturated heterocycles. The predicted octanol–water partition coefficient (Wildman–Crippen LogP) is 5.18. The van der Waals surface area contributed by atoms with Crippen LogP contribution < -0.4 is 10.1 Å². The van der Waals surface area contributed by atoms with Crippen molar-refractivity contribution >= 4 is 28.2 Å². The van der Waals surface area contributed by atoms with E-state index >= 15 is 0 Å². The normalized spacial score (nSPS) is 11.7. The fourth-order valence-electron chi connectivity index (χ4n) is 2.53. The Kier molecular flexibility index (Phi) is 5.37. The number of nitrogens with zero attached hydrogens (tertiary/aromatic N) is 2. The molecule has 1 heterocycles. The number of pyridine rings is 1. The van der Waals surface area contributed by atoms with Crippen molar-refractivity contribution in [2.24, 2.45) is 0 Å². The van der Waals surface area contributed by atoms with Crippen molar-refractivity contribution in [2.45, 2.75) is 26.0 Å². The van der Waals surface area contributed by atoms with Crippen LogP contribution in [-0.2, 0) is 6.54 Å². The zero-order chi connectivity index (χ0) is 17.6. The molecular formula is C20H18ClN3O. The molecule has 126 valence electrons. The number of halogens is 1. The van der Waals surface area contributed by atoms with Crippen molar-refractivity contribution in [1.82, 2.24) is 4.98 Å². The molecule has 1 unspecified atom stereocenters. The second-order valence-corrected chi connectivity index (χ2v) is 6.02. The molecule has 0 bridgehead atoms. The van der Waals surface area contributed by atoms with Crippen LogP contribution in [0.2, 0.25) is 5.15 Å². The van der Waals surface area contributed by atoms with Crippen molar-refractivity contribution in [1.29, 1.82) is 5.26 Å². The summed E-state index contributed by atoms with van der Waals surface area (Å²) in [7, 11) is 0. The van der Waals surface area contributed by atoms with Crippen LogP contribution in [0.25, 0.3) is 10.8 Å². The zero-order valence-electron chi connectivity index (χ0n) is 13.9. The minimum Gasteiger partial charge on any atom is -0.476 e. The third-order valence-electron chi connectivity index (χ3n) is 3.86. The van der Waals surface area contributed by atoms with E-state index in [2.05, 4.69) is 16.4 Å². The lowest BCUT2D eigenvalue weighted by Crippen LogP contribution is -2.12. The number of aromatic nitrogens is 1. The largest absolute Gasteiger partial charge is 0.476 e. The van der Waals surface area contributed by atoms with E-state index in [1.54, 1.807) is 0 Å². The van der Waals surface area contributed by atoms with Crippen LogP contribution in [0.1, 0.15) is 18.9 Å². The van der Waals surface area contributed by atoms with Gasteiger partial charge in [0.1, 0.15) is 22.8 Å². The minimum atomic E-state index is -0.427. The minimum absolute atomic E-state index is 0.427. The summed E-state index contributed by atoms with van der Waals surface area (Å²) in [6.45, 7) is 2.51. The van der Waals surface area contributed by atoms with Crippen molar-refractivity contribution in [3.8, 4) is 11.8 Å². The zero-order valence-corrected chi connectivity index (χ0v) is 14.6. The van der Waals surface area contributed by atoms with E-state index < -0.39 is 6.10 Å². The van der Waals surface area contributed by atoms with Gasteiger partial charge in [-0.25, -0.2) is 4.98 Å². The van der Waals surface area contributed by atoms with E-state index in [4.69, 9.17) is 21.6 Å². The van der Waals surface area contributed by atoms with Crippen molar-refractivity contribution in [3.05, 3.63) is 65.3 Å². The first kappa shape index (κ1) is 17.1. The first-order valence-electron chi connectivity index (χ1n) is 8.14. The predicted molar refractivity (Wildman–Crippen MR) is 101 cm³/mol. The lowest BCUT2D eigenvalue weighted by atomic mass is 10.1. The second-order valence-electron chi connectivity index (χ2n) is 5.66. The Bertz CT molecular complexity index is 920. The molecule has 3 rings (SSSR count). The molecule has 1 aromatic heterocycles. The van der Waals surface area contributed by atoms with Gasteiger partial charge in [-0.15, -0.1) is 0 Å². The highest BCUT2D eigenvalue weighted by atomic mass is 35.5. The highest BCUT2D eigenvalue weighted by Crippen LogP contribution is 2.25. The highest BCUT2D eigenvalue weighted by Gasteiger charge is 2.07. The van der Waals surface area contributed by atoms with E-state index in [-0.39, 0.29) is 0 Å². The van der Waals surface area contributed by atoms with Crippen LogP contribution in [0.5, 0.6) is 5.75 Å². The SMILES string of the molecule is CCC(C#N)Oc1cccc(CNc2cc3ccccc3c(Cl)n2)c1. The van der Waals surface area contributed by atoms with Gasteiger partial charge in [0, 0.05) is 11.9 Å². The molecule has 0 spiro atoms. The highest BCUT2D eigenvalue weighted by molar-refractivity contribution is 6.34. The lowest BCUT2D eigenvalue weighted by Gasteiger charge is -2.12. The molecule has 0 saturated carbocycles. The molecule has 0 fully saturated rings. The third kappa shape index (κ3) is 4.20. The van der Waals surface area contributed by atoms with Crippen LogP contribution in [0, 0.1) is 11.3 Å². The van der Waals surface area contributed by atoms with Gasteiger partial charge in [-0.1, -0.05) is 54.9 Å². The molecule has 5 heteroatoms. The van der Waals surface area contributed by atoms with Gasteiger partial charge >= 0.3 is 0 Å². The standard InChI is InChI=1S/C20H18ClN3O/c1-2-16(12-22)25-17-8-5-6-14(10-17)13-23-19-11-15-7-3-4-9-18(15)20(21)24-19/h3-11,16H,2,13H2,1H3,(H,23,24). The maximum absolute atomic E-state index is 9.01. The van der Waals surface area contributed by atoms with Gasteiger partial charge in [-0.3, -0.25) is 0 Å². The fraction of sp³-hybridized carbons (Fsp3) is 0.200. The smallest absolute Gasteiger partial charge is 0.184 e. The Morgan fingerprint density at radius 2 is 2.04 bits per heavy atom. The van der Waals surface area contributed by atoms with E-state index in [1.165, 1.54) is 0 Å². The van der Waals surface area contributed by atoms with E-state index in [9.17, 15) is 0 Å². The summed E-state index contributed by atoms with van der Waals surface area (Å²) < 4.78 is 5.66. The van der Waals surface area contributed by atoms with Crippen LogP contribution in [-0.4, -0.2) is 11.1 Å². The Morgan fingerprint density at radius 1 is 1.20 bits per heavy atom. The van der Waals surface area contributed by atoms with Gasteiger partial charge in [-0.05, 0) is 35.6 Å². The number of fused-ring (bicyclic) bond motifs is 1. The summed E-state index contributed by atoms with van der Waals surface area (Å²) in [6.07, 6.45) is 0.225. The van der Waals surface area contributed by atoms with Crippen LogP contribution in [0.4, 0.5) is 5.82 Å². The summed E-state index contributed by atoms with van der Waals surface area (Å²) in [5.41, 5.74) is 1.04. The molecule has 0 aliphatic rings. The van der Waals surface area contributed by atoms with Gasteiger partial charge in [0.2, 0.25) is 0 Å². The van der Waals surface area contributed by atoms with E-state index in [0.717, 1.165) is 22.2 Å². The first-order chi connectivity index (χ1) is 12.2. The van der Waals surface area contributed by atoms with Gasteiger partial charge in [0.05, 0.1) is 0 Å². The molecule has 0 aliphatic heterocycles. The Morgan fingerprint density at radius 3 is 2.84 bits per heavy atom. The van der Waals surface area contributed by atoms with Crippen LogP contribution >= 0.6 is 11.6 Å². The number of hydrogen-bond donors (Lipinski definition) is 1. The van der Waals surface area contributed by atoms with Gasteiger partial charge in [0.15, 0.2) is 6.10 Å². The average molecular weight is 352 g/mol. The van der Waals surface area contributed by atoms with E-state index in [0.29, 0.717) is 23.9 Å².